The Morgan fingerprint density at radius 3 is 2.62 bits per heavy atom. The lowest BCUT2D eigenvalue weighted by molar-refractivity contribution is 0.352. The highest BCUT2D eigenvalue weighted by molar-refractivity contribution is 7.15. The molecule has 29 heavy (non-hydrogen) atoms. The van der Waals surface area contributed by atoms with Crippen LogP contribution in [0.25, 0.3) is 21.5 Å². The minimum atomic E-state index is 0.558. The zero-order valence-electron chi connectivity index (χ0n) is 18.4. The summed E-state index contributed by atoms with van der Waals surface area (Å²) in [6.07, 6.45) is 7.54. The Bertz CT molecular complexity index is 995. The van der Waals surface area contributed by atoms with E-state index in [1.807, 2.05) is 11.3 Å². The quantitative estimate of drug-likeness (QED) is 0.483. The molecule has 0 aliphatic heterocycles. The number of aromatic nitrogens is 2. The summed E-state index contributed by atoms with van der Waals surface area (Å²) in [5.41, 5.74) is 5.11. The molecule has 0 N–H and O–H groups in total. The molecule has 4 rings (SSSR count). The van der Waals surface area contributed by atoms with Crippen molar-refractivity contribution in [1.82, 2.24) is 14.5 Å². The van der Waals surface area contributed by atoms with Crippen LogP contribution in [0.2, 0.25) is 0 Å². The second kappa shape index (κ2) is 8.49. The molecule has 0 spiro atoms. The van der Waals surface area contributed by atoms with E-state index < -0.39 is 0 Å². The van der Waals surface area contributed by atoms with Gasteiger partial charge >= 0.3 is 0 Å². The molecule has 2 heterocycles. The van der Waals surface area contributed by atoms with Gasteiger partial charge in [-0.2, -0.15) is 0 Å². The maximum Gasteiger partial charge on any atom is 0.143 e. The van der Waals surface area contributed by atoms with Crippen LogP contribution < -0.4 is 4.74 Å². The highest BCUT2D eigenvalue weighted by Gasteiger charge is 2.26. The molecular formula is C24H33N3OS. The van der Waals surface area contributed by atoms with Crippen molar-refractivity contribution in [2.75, 3.05) is 21.2 Å². The van der Waals surface area contributed by atoms with E-state index in [1.54, 1.807) is 7.11 Å². The van der Waals surface area contributed by atoms with E-state index in [0.717, 1.165) is 23.7 Å². The number of fused-ring (bicyclic) bond motifs is 1. The smallest absolute Gasteiger partial charge is 0.143 e. The van der Waals surface area contributed by atoms with Gasteiger partial charge in [-0.15, -0.1) is 11.3 Å². The highest BCUT2D eigenvalue weighted by Crippen LogP contribution is 2.44. The van der Waals surface area contributed by atoms with Crippen LogP contribution in [0.5, 0.6) is 5.75 Å². The molecule has 1 fully saturated rings. The van der Waals surface area contributed by atoms with E-state index in [2.05, 4.69) is 55.6 Å². The Morgan fingerprint density at radius 1 is 1.21 bits per heavy atom. The second-order valence-corrected chi connectivity index (χ2v) is 9.54. The first-order valence-corrected chi connectivity index (χ1v) is 11.7. The van der Waals surface area contributed by atoms with Gasteiger partial charge in [-0.05, 0) is 46.3 Å². The maximum atomic E-state index is 5.82. The summed E-state index contributed by atoms with van der Waals surface area (Å²) in [5, 5.41) is 2.43. The third kappa shape index (κ3) is 3.71. The summed E-state index contributed by atoms with van der Waals surface area (Å²) in [6, 6.07) is 7.02. The predicted octanol–water partition coefficient (Wildman–Crippen LogP) is 6.21. The first kappa shape index (κ1) is 20.4. The van der Waals surface area contributed by atoms with Crippen LogP contribution in [0.4, 0.5) is 0 Å². The number of hydrogen-bond acceptors (Lipinski definition) is 4. The van der Waals surface area contributed by atoms with Crippen LogP contribution in [-0.4, -0.2) is 35.7 Å². The summed E-state index contributed by atoms with van der Waals surface area (Å²) in [5.74, 6) is 0.975. The largest absolute Gasteiger partial charge is 0.495 e. The van der Waals surface area contributed by atoms with Gasteiger partial charge in [0.1, 0.15) is 10.8 Å². The Hall–Kier alpha value is -1.85. The van der Waals surface area contributed by atoms with Gasteiger partial charge in [0.05, 0.1) is 18.3 Å². The van der Waals surface area contributed by atoms with E-state index in [0.29, 0.717) is 6.04 Å². The molecule has 0 radical (unpaired) electrons. The molecule has 4 nitrogen and oxygen atoms in total. The van der Waals surface area contributed by atoms with E-state index in [1.165, 1.54) is 64.8 Å². The average Bonchev–Trinajstić information content (AvgIpc) is 3.25. The van der Waals surface area contributed by atoms with Crippen molar-refractivity contribution in [2.24, 2.45) is 0 Å². The Morgan fingerprint density at radius 2 is 1.97 bits per heavy atom. The van der Waals surface area contributed by atoms with Crippen LogP contribution in [0.3, 0.4) is 0 Å². The van der Waals surface area contributed by atoms with Crippen molar-refractivity contribution in [3.8, 4) is 16.3 Å². The molecule has 1 aliphatic carbocycles. The van der Waals surface area contributed by atoms with Crippen LogP contribution >= 0.6 is 11.3 Å². The summed E-state index contributed by atoms with van der Waals surface area (Å²) in [6.45, 7) is 5.41. The van der Waals surface area contributed by atoms with Gasteiger partial charge in [0, 0.05) is 34.1 Å². The van der Waals surface area contributed by atoms with E-state index in [4.69, 9.17) is 9.72 Å². The van der Waals surface area contributed by atoms with Gasteiger partial charge in [-0.3, -0.25) is 0 Å². The molecule has 0 amide bonds. The molecule has 1 aliphatic rings. The van der Waals surface area contributed by atoms with Crippen molar-refractivity contribution in [1.29, 1.82) is 0 Å². The van der Waals surface area contributed by atoms with Gasteiger partial charge in [0.15, 0.2) is 0 Å². The molecule has 5 heteroatoms. The molecule has 1 saturated carbocycles. The van der Waals surface area contributed by atoms with Crippen LogP contribution in [0.1, 0.15) is 61.3 Å². The van der Waals surface area contributed by atoms with Crippen LogP contribution in [-0.2, 0) is 13.0 Å². The molecule has 3 aromatic rings. The zero-order chi connectivity index (χ0) is 20.5. The monoisotopic (exact) mass is 411 g/mol. The van der Waals surface area contributed by atoms with Crippen molar-refractivity contribution in [3.63, 3.8) is 0 Å². The van der Waals surface area contributed by atoms with Gasteiger partial charge in [-0.25, -0.2) is 4.98 Å². The van der Waals surface area contributed by atoms with E-state index in [9.17, 15) is 0 Å². The van der Waals surface area contributed by atoms with Crippen molar-refractivity contribution in [2.45, 2.75) is 65.0 Å². The fraction of sp³-hybridized carbons (Fsp3) is 0.542. The number of benzene rings is 1. The predicted molar refractivity (Wildman–Crippen MR) is 123 cm³/mol. The maximum absolute atomic E-state index is 5.82. The number of hydrogen-bond donors (Lipinski definition) is 0. The van der Waals surface area contributed by atoms with Crippen molar-refractivity contribution in [3.05, 3.63) is 34.5 Å². The first-order valence-electron chi connectivity index (χ1n) is 10.9. The fourth-order valence-electron chi connectivity index (χ4n) is 4.88. The number of aryl methyl sites for hydroxylation is 1. The summed E-state index contributed by atoms with van der Waals surface area (Å²) in [4.78, 5) is 8.74. The third-order valence-corrected chi connectivity index (χ3v) is 7.43. The van der Waals surface area contributed by atoms with Gasteiger partial charge in [0.25, 0.3) is 0 Å². The number of para-hydroxylation sites is 1. The lowest BCUT2D eigenvalue weighted by Crippen LogP contribution is -2.14. The molecule has 1 aromatic carbocycles. The summed E-state index contributed by atoms with van der Waals surface area (Å²) >= 11 is 1.87. The Kier molecular flexibility index (Phi) is 5.98. The molecule has 0 saturated heterocycles. The second-order valence-electron chi connectivity index (χ2n) is 8.46. The topological polar surface area (TPSA) is 30.3 Å². The molecule has 156 valence electrons. The molecule has 0 unspecified atom stereocenters. The molecular weight excluding hydrogens is 378 g/mol. The Labute approximate surface area is 178 Å². The number of thiazole rings is 1. The first-order chi connectivity index (χ1) is 14.0. The minimum absolute atomic E-state index is 0.558. The third-order valence-electron chi connectivity index (χ3n) is 6.17. The lowest BCUT2D eigenvalue weighted by atomic mass is 9.95. The zero-order valence-corrected chi connectivity index (χ0v) is 19.2. The van der Waals surface area contributed by atoms with Crippen LogP contribution in [0.15, 0.2) is 18.2 Å². The Balaban J connectivity index is 1.94. The van der Waals surface area contributed by atoms with E-state index in [-0.39, 0.29) is 0 Å². The van der Waals surface area contributed by atoms with Crippen molar-refractivity contribution < 1.29 is 4.74 Å². The number of rotatable bonds is 6. The SMILES string of the molecule is CCc1sc(-c2c(C)n(C3CCCCC3)c3c(OC)cccc23)nc1CN(C)C. The standard InChI is InChI=1S/C24H33N3OS/c1-6-21-19(15-26(3)4)25-24(29-21)22-16(2)27(17-11-8-7-9-12-17)23-18(22)13-10-14-20(23)28-5/h10,13-14,17H,6-9,11-12,15H2,1-5H3. The number of ether oxygens (including phenoxy) is 1. The number of methoxy groups -OCH3 is 1. The normalized spacial score (nSPS) is 15.5. The fourth-order valence-corrected chi connectivity index (χ4v) is 6.00. The average molecular weight is 412 g/mol. The van der Waals surface area contributed by atoms with Gasteiger partial charge in [-0.1, -0.05) is 38.3 Å². The minimum Gasteiger partial charge on any atom is -0.495 e. The molecule has 0 atom stereocenters. The number of nitrogens with zero attached hydrogens (tertiary/aromatic N) is 3. The summed E-state index contributed by atoms with van der Waals surface area (Å²) in [7, 11) is 6.02. The van der Waals surface area contributed by atoms with Crippen LogP contribution in [0, 0.1) is 6.92 Å². The summed E-state index contributed by atoms with van der Waals surface area (Å²) < 4.78 is 8.39. The molecule has 2 aromatic heterocycles. The highest BCUT2D eigenvalue weighted by atomic mass is 32.1. The lowest BCUT2D eigenvalue weighted by Gasteiger charge is -2.26. The van der Waals surface area contributed by atoms with Gasteiger partial charge in [0.2, 0.25) is 0 Å². The van der Waals surface area contributed by atoms with E-state index >= 15 is 0 Å². The molecule has 0 bridgehead atoms. The van der Waals surface area contributed by atoms with Gasteiger partial charge < -0.3 is 14.2 Å². The van der Waals surface area contributed by atoms with Crippen molar-refractivity contribution >= 4 is 22.2 Å².